The minimum Gasteiger partial charge on any atom is -0.497 e. The van der Waals surface area contributed by atoms with Gasteiger partial charge in [-0.1, -0.05) is 12.1 Å². The Hall–Kier alpha value is -2.24. The molecule has 2 rings (SSSR count). The number of carbonyl (C=O) groups is 2. The standard InChI is InChI=1S/C21H32N2O4/c1-21(2,3)27-20(25)23-15-7-9-18(23)19(24)22-14-6-5-8-16-10-12-17(26-4)13-11-16/h10-13,18H,5-9,14-15H2,1-4H3,(H,22,24). The van der Waals surface area contributed by atoms with Crippen molar-refractivity contribution in [1.82, 2.24) is 10.2 Å². The van der Waals surface area contributed by atoms with E-state index in [-0.39, 0.29) is 5.91 Å². The highest BCUT2D eigenvalue weighted by atomic mass is 16.6. The summed E-state index contributed by atoms with van der Waals surface area (Å²) < 4.78 is 10.6. The first-order valence-electron chi connectivity index (χ1n) is 9.70. The van der Waals surface area contributed by atoms with Crippen LogP contribution >= 0.6 is 0 Å². The number of likely N-dealkylation sites (tertiary alicyclic amines) is 1. The summed E-state index contributed by atoms with van der Waals surface area (Å²) in [6.07, 6.45) is 3.97. The summed E-state index contributed by atoms with van der Waals surface area (Å²) in [5.41, 5.74) is 0.705. The van der Waals surface area contributed by atoms with Gasteiger partial charge in [0.1, 0.15) is 17.4 Å². The molecule has 1 aliphatic rings. The van der Waals surface area contributed by atoms with Crippen LogP contribution < -0.4 is 10.1 Å². The number of nitrogens with zero attached hydrogens (tertiary/aromatic N) is 1. The topological polar surface area (TPSA) is 67.9 Å². The summed E-state index contributed by atoms with van der Waals surface area (Å²) in [5, 5.41) is 2.97. The minimum absolute atomic E-state index is 0.0807. The van der Waals surface area contributed by atoms with E-state index in [4.69, 9.17) is 9.47 Å². The zero-order valence-corrected chi connectivity index (χ0v) is 16.9. The maximum Gasteiger partial charge on any atom is 0.410 e. The highest BCUT2D eigenvalue weighted by Gasteiger charge is 2.36. The van der Waals surface area contributed by atoms with Crippen LogP contribution in [-0.4, -0.2) is 48.7 Å². The highest BCUT2D eigenvalue weighted by Crippen LogP contribution is 2.21. The number of nitrogens with one attached hydrogen (secondary N) is 1. The molecule has 1 heterocycles. The average Bonchev–Trinajstić information content (AvgIpc) is 3.10. The third-order valence-corrected chi connectivity index (χ3v) is 4.53. The van der Waals surface area contributed by atoms with Gasteiger partial charge in [-0.3, -0.25) is 9.69 Å². The van der Waals surface area contributed by atoms with Crippen molar-refractivity contribution < 1.29 is 19.1 Å². The zero-order valence-electron chi connectivity index (χ0n) is 16.9. The molecule has 1 fully saturated rings. The second-order valence-electron chi connectivity index (χ2n) is 7.93. The van der Waals surface area contributed by atoms with Crippen LogP contribution in [0.3, 0.4) is 0 Å². The van der Waals surface area contributed by atoms with Gasteiger partial charge in [-0.25, -0.2) is 4.79 Å². The molecule has 1 aromatic rings. The predicted octanol–water partition coefficient (Wildman–Crippen LogP) is 3.53. The van der Waals surface area contributed by atoms with Gasteiger partial charge in [0.05, 0.1) is 7.11 Å². The lowest BCUT2D eigenvalue weighted by Gasteiger charge is -2.28. The van der Waals surface area contributed by atoms with Crippen molar-refractivity contribution in [3.05, 3.63) is 29.8 Å². The molecular formula is C21H32N2O4. The monoisotopic (exact) mass is 376 g/mol. The number of carbonyl (C=O) groups excluding carboxylic acids is 2. The molecule has 27 heavy (non-hydrogen) atoms. The summed E-state index contributed by atoms with van der Waals surface area (Å²) in [6, 6.07) is 7.63. The summed E-state index contributed by atoms with van der Waals surface area (Å²) in [6.45, 7) is 6.69. The molecule has 1 aliphatic heterocycles. The number of unbranched alkanes of at least 4 members (excludes halogenated alkanes) is 1. The Labute approximate surface area is 162 Å². The lowest BCUT2D eigenvalue weighted by Crippen LogP contribution is -2.47. The summed E-state index contributed by atoms with van der Waals surface area (Å²) >= 11 is 0. The smallest absolute Gasteiger partial charge is 0.410 e. The van der Waals surface area contributed by atoms with Gasteiger partial charge in [-0.15, -0.1) is 0 Å². The summed E-state index contributed by atoms with van der Waals surface area (Å²) in [4.78, 5) is 26.3. The van der Waals surface area contributed by atoms with Crippen molar-refractivity contribution >= 4 is 12.0 Å². The second kappa shape index (κ2) is 9.62. The maximum absolute atomic E-state index is 12.5. The van der Waals surface area contributed by atoms with Crippen LogP contribution in [0.2, 0.25) is 0 Å². The Morgan fingerprint density at radius 1 is 1.19 bits per heavy atom. The first-order valence-corrected chi connectivity index (χ1v) is 9.70. The van der Waals surface area contributed by atoms with Crippen LogP contribution in [0.15, 0.2) is 24.3 Å². The molecule has 2 amide bonds. The molecule has 1 saturated heterocycles. The van der Waals surface area contributed by atoms with Gasteiger partial charge in [0, 0.05) is 13.1 Å². The normalized spacial score (nSPS) is 16.9. The SMILES string of the molecule is COc1ccc(CCCCNC(=O)C2CCCN2C(=O)OC(C)(C)C)cc1. The number of hydrogen-bond donors (Lipinski definition) is 1. The number of amides is 2. The summed E-state index contributed by atoms with van der Waals surface area (Å²) in [5.74, 6) is 0.778. The third-order valence-electron chi connectivity index (χ3n) is 4.53. The van der Waals surface area contributed by atoms with E-state index in [2.05, 4.69) is 17.4 Å². The van der Waals surface area contributed by atoms with Gasteiger partial charge in [0.25, 0.3) is 0 Å². The van der Waals surface area contributed by atoms with Crippen LogP contribution in [0.1, 0.15) is 52.0 Å². The molecule has 0 aliphatic carbocycles. The van der Waals surface area contributed by atoms with E-state index in [0.29, 0.717) is 19.5 Å². The van der Waals surface area contributed by atoms with E-state index < -0.39 is 17.7 Å². The van der Waals surface area contributed by atoms with E-state index in [1.807, 2.05) is 32.9 Å². The minimum atomic E-state index is -0.553. The molecular weight excluding hydrogens is 344 g/mol. The van der Waals surface area contributed by atoms with E-state index in [1.165, 1.54) is 5.56 Å². The van der Waals surface area contributed by atoms with Crippen LogP contribution in [-0.2, 0) is 16.0 Å². The molecule has 0 radical (unpaired) electrons. The van der Waals surface area contributed by atoms with Gasteiger partial charge in [-0.2, -0.15) is 0 Å². The Bertz CT molecular complexity index is 622. The Balaban J connectivity index is 1.70. The number of hydrogen-bond acceptors (Lipinski definition) is 4. The van der Waals surface area contributed by atoms with Crippen LogP contribution in [0.25, 0.3) is 0 Å². The quantitative estimate of drug-likeness (QED) is 0.739. The fourth-order valence-electron chi connectivity index (χ4n) is 3.15. The largest absolute Gasteiger partial charge is 0.497 e. The van der Waals surface area contributed by atoms with Crippen LogP contribution in [0.5, 0.6) is 5.75 Å². The Morgan fingerprint density at radius 3 is 2.52 bits per heavy atom. The van der Waals surface area contributed by atoms with Crippen molar-refractivity contribution in [3.8, 4) is 5.75 Å². The molecule has 1 aromatic carbocycles. The third kappa shape index (κ3) is 6.77. The molecule has 0 spiro atoms. The number of ether oxygens (including phenoxy) is 2. The predicted molar refractivity (Wildman–Crippen MR) is 105 cm³/mol. The van der Waals surface area contributed by atoms with E-state index in [9.17, 15) is 9.59 Å². The fourth-order valence-corrected chi connectivity index (χ4v) is 3.15. The van der Waals surface area contributed by atoms with Crippen molar-refractivity contribution in [3.63, 3.8) is 0 Å². The molecule has 1 unspecified atom stereocenters. The van der Waals surface area contributed by atoms with Crippen molar-refractivity contribution in [2.24, 2.45) is 0 Å². The maximum atomic E-state index is 12.5. The second-order valence-corrected chi connectivity index (χ2v) is 7.93. The molecule has 0 aromatic heterocycles. The van der Waals surface area contributed by atoms with Crippen molar-refractivity contribution in [2.75, 3.05) is 20.2 Å². The molecule has 6 heteroatoms. The average molecular weight is 376 g/mol. The first-order chi connectivity index (χ1) is 12.8. The molecule has 1 atom stereocenters. The van der Waals surface area contributed by atoms with E-state index in [0.717, 1.165) is 31.4 Å². The van der Waals surface area contributed by atoms with Gasteiger partial charge < -0.3 is 14.8 Å². The fraction of sp³-hybridized carbons (Fsp3) is 0.619. The lowest BCUT2D eigenvalue weighted by molar-refractivity contribution is -0.125. The number of benzene rings is 1. The van der Waals surface area contributed by atoms with Crippen LogP contribution in [0.4, 0.5) is 4.79 Å². The molecule has 150 valence electrons. The van der Waals surface area contributed by atoms with Crippen molar-refractivity contribution in [1.29, 1.82) is 0 Å². The Kier molecular flexibility index (Phi) is 7.51. The van der Waals surface area contributed by atoms with Crippen molar-refractivity contribution in [2.45, 2.75) is 64.5 Å². The molecule has 0 bridgehead atoms. The summed E-state index contributed by atoms with van der Waals surface area (Å²) in [7, 11) is 1.66. The molecule has 6 nitrogen and oxygen atoms in total. The Morgan fingerprint density at radius 2 is 1.89 bits per heavy atom. The van der Waals surface area contributed by atoms with Gasteiger partial charge >= 0.3 is 6.09 Å². The lowest BCUT2D eigenvalue weighted by atomic mass is 10.1. The number of methoxy groups -OCH3 is 1. The highest BCUT2D eigenvalue weighted by molar-refractivity contribution is 5.86. The molecule has 0 saturated carbocycles. The number of aryl methyl sites for hydroxylation is 1. The van der Waals surface area contributed by atoms with Gasteiger partial charge in [-0.05, 0) is 70.6 Å². The number of rotatable bonds is 7. The molecule has 1 N–H and O–H groups in total. The zero-order chi connectivity index (χ0) is 19.9. The van der Waals surface area contributed by atoms with Crippen LogP contribution in [0, 0.1) is 0 Å². The van der Waals surface area contributed by atoms with Gasteiger partial charge in [0.2, 0.25) is 5.91 Å². The van der Waals surface area contributed by atoms with Gasteiger partial charge in [0.15, 0.2) is 0 Å². The van der Waals surface area contributed by atoms with E-state index >= 15 is 0 Å². The van der Waals surface area contributed by atoms with E-state index in [1.54, 1.807) is 12.0 Å². The first kappa shape index (κ1) is 21.1.